The van der Waals surface area contributed by atoms with Crippen molar-refractivity contribution in [3.8, 4) is 0 Å². The molecule has 1 fully saturated rings. The van der Waals surface area contributed by atoms with Crippen LogP contribution < -0.4 is 4.31 Å². The fourth-order valence-electron chi connectivity index (χ4n) is 3.41. The van der Waals surface area contributed by atoms with Gasteiger partial charge in [-0.15, -0.1) is 0 Å². The molecule has 5 nitrogen and oxygen atoms in total. The Morgan fingerprint density at radius 3 is 2.15 bits per heavy atom. The zero-order valence-corrected chi connectivity index (χ0v) is 16.9. The van der Waals surface area contributed by atoms with Gasteiger partial charge in [-0.2, -0.15) is 0 Å². The van der Waals surface area contributed by atoms with Crippen LogP contribution >= 0.6 is 0 Å². The number of sulfonamides is 1. The van der Waals surface area contributed by atoms with Gasteiger partial charge >= 0.3 is 0 Å². The van der Waals surface area contributed by atoms with Gasteiger partial charge in [-0.05, 0) is 57.4 Å². The molecule has 0 unspecified atom stereocenters. The molecule has 0 atom stereocenters. The van der Waals surface area contributed by atoms with Crippen molar-refractivity contribution >= 4 is 21.6 Å². The van der Waals surface area contributed by atoms with E-state index >= 15 is 0 Å². The van der Waals surface area contributed by atoms with Crippen LogP contribution in [-0.2, 0) is 14.8 Å². The maximum atomic E-state index is 13.4. The van der Waals surface area contributed by atoms with Crippen molar-refractivity contribution in [2.75, 3.05) is 23.9 Å². The van der Waals surface area contributed by atoms with Crippen molar-refractivity contribution in [2.24, 2.45) is 0 Å². The Kier molecular flexibility index (Phi) is 5.56. The number of rotatable bonds is 5. The number of carbonyl (C=O) groups excluding carboxylic acids is 1. The number of likely N-dealkylation sites (tertiary alicyclic amines) is 1. The van der Waals surface area contributed by atoms with Crippen LogP contribution in [0.4, 0.5) is 5.69 Å². The Morgan fingerprint density at radius 1 is 0.963 bits per heavy atom. The second-order valence-corrected chi connectivity index (χ2v) is 9.06. The molecule has 0 aliphatic carbocycles. The Morgan fingerprint density at radius 2 is 1.56 bits per heavy atom. The van der Waals surface area contributed by atoms with E-state index in [0.29, 0.717) is 18.8 Å². The number of hydrogen-bond acceptors (Lipinski definition) is 3. The first-order chi connectivity index (χ1) is 12.8. The van der Waals surface area contributed by atoms with E-state index in [1.807, 2.05) is 32.9 Å². The minimum absolute atomic E-state index is 0.150. The number of nitrogens with zero attached hydrogens (tertiary/aromatic N) is 2. The Bertz CT molecular complexity index is 930. The molecule has 0 bridgehead atoms. The summed E-state index contributed by atoms with van der Waals surface area (Å²) < 4.78 is 28.0. The highest BCUT2D eigenvalue weighted by Crippen LogP contribution is 2.28. The van der Waals surface area contributed by atoms with Crippen molar-refractivity contribution in [2.45, 2.75) is 38.5 Å². The first-order valence-electron chi connectivity index (χ1n) is 9.23. The van der Waals surface area contributed by atoms with E-state index in [0.717, 1.165) is 29.5 Å². The van der Waals surface area contributed by atoms with Crippen LogP contribution in [0.1, 0.15) is 29.5 Å². The molecule has 0 radical (unpaired) electrons. The molecule has 1 heterocycles. The van der Waals surface area contributed by atoms with Crippen molar-refractivity contribution < 1.29 is 13.2 Å². The number of amides is 1. The second-order valence-electron chi connectivity index (χ2n) is 7.20. The molecule has 0 saturated carbocycles. The zero-order valence-electron chi connectivity index (χ0n) is 16.1. The highest BCUT2D eigenvalue weighted by molar-refractivity contribution is 7.92. The molecule has 1 saturated heterocycles. The monoisotopic (exact) mass is 386 g/mol. The lowest BCUT2D eigenvalue weighted by atomic mass is 10.1. The Balaban J connectivity index is 2.03. The Labute approximate surface area is 161 Å². The lowest BCUT2D eigenvalue weighted by Gasteiger charge is -2.28. The third kappa shape index (κ3) is 4.16. The first-order valence-corrected chi connectivity index (χ1v) is 10.7. The van der Waals surface area contributed by atoms with E-state index < -0.39 is 10.0 Å². The lowest BCUT2D eigenvalue weighted by Crippen LogP contribution is -2.42. The fraction of sp³-hybridized carbons (Fsp3) is 0.381. The standard InChI is InChI=1S/C21H26N2O3S/c1-16-6-9-19(10-7-16)27(25,26)23(15-21(24)22-12-4-5-13-22)20-11-8-17(2)14-18(20)3/h6-11,14H,4-5,12-13,15H2,1-3H3. The summed E-state index contributed by atoms with van der Waals surface area (Å²) in [5.74, 6) is -0.150. The number of hydrogen-bond donors (Lipinski definition) is 0. The van der Waals surface area contributed by atoms with Gasteiger partial charge in [-0.1, -0.05) is 35.4 Å². The number of carbonyl (C=O) groups is 1. The minimum Gasteiger partial charge on any atom is -0.341 e. The maximum absolute atomic E-state index is 13.4. The summed E-state index contributed by atoms with van der Waals surface area (Å²) in [6.45, 7) is 6.97. The topological polar surface area (TPSA) is 57.7 Å². The van der Waals surface area contributed by atoms with Gasteiger partial charge in [-0.25, -0.2) is 8.42 Å². The molecule has 1 aliphatic rings. The van der Waals surface area contributed by atoms with Gasteiger partial charge in [0.05, 0.1) is 10.6 Å². The van der Waals surface area contributed by atoms with Gasteiger partial charge < -0.3 is 4.90 Å². The molecule has 3 rings (SSSR count). The summed E-state index contributed by atoms with van der Waals surface area (Å²) in [5, 5.41) is 0. The maximum Gasteiger partial charge on any atom is 0.264 e. The van der Waals surface area contributed by atoms with E-state index in [-0.39, 0.29) is 17.3 Å². The van der Waals surface area contributed by atoms with E-state index in [1.54, 1.807) is 35.2 Å². The van der Waals surface area contributed by atoms with Crippen LogP contribution in [0.15, 0.2) is 47.4 Å². The molecule has 2 aromatic carbocycles. The highest BCUT2D eigenvalue weighted by Gasteiger charge is 2.30. The molecular formula is C21H26N2O3S. The zero-order chi connectivity index (χ0) is 19.6. The van der Waals surface area contributed by atoms with Crippen LogP contribution in [0, 0.1) is 20.8 Å². The van der Waals surface area contributed by atoms with Gasteiger partial charge in [-0.3, -0.25) is 9.10 Å². The van der Waals surface area contributed by atoms with Crippen LogP contribution in [0.25, 0.3) is 0 Å². The third-order valence-electron chi connectivity index (χ3n) is 4.97. The van der Waals surface area contributed by atoms with Crippen molar-refractivity contribution in [1.82, 2.24) is 4.90 Å². The van der Waals surface area contributed by atoms with E-state index in [9.17, 15) is 13.2 Å². The minimum atomic E-state index is -3.85. The summed E-state index contributed by atoms with van der Waals surface area (Å²) in [4.78, 5) is 14.7. The van der Waals surface area contributed by atoms with Gasteiger partial charge in [0.2, 0.25) is 5.91 Å². The summed E-state index contributed by atoms with van der Waals surface area (Å²) in [7, 11) is -3.85. The SMILES string of the molecule is Cc1ccc(S(=O)(=O)N(CC(=O)N2CCCC2)c2ccc(C)cc2C)cc1. The van der Waals surface area contributed by atoms with Gasteiger partial charge in [0.1, 0.15) is 6.54 Å². The summed E-state index contributed by atoms with van der Waals surface area (Å²) >= 11 is 0. The van der Waals surface area contributed by atoms with Crippen molar-refractivity contribution in [3.63, 3.8) is 0 Å². The second kappa shape index (κ2) is 7.72. The van der Waals surface area contributed by atoms with E-state index in [2.05, 4.69) is 0 Å². The first kappa shape index (κ1) is 19.4. The van der Waals surface area contributed by atoms with Crippen LogP contribution in [-0.4, -0.2) is 38.9 Å². The largest absolute Gasteiger partial charge is 0.341 e. The lowest BCUT2D eigenvalue weighted by molar-refractivity contribution is -0.128. The average Bonchev–Trinajstić information content (AvgIpc) is 3.15. The van der Waals surface area contributed by atoms with Gasteiger partial charge in [0.15, 0.2) is 0 Å². The normalized spacial score (nSPS) is 14.4. The summed E-state index contributed by atoms with van der Waals surface area (Å²) in [6.07, 6.45) is 1.94. The molecule has 0 spiro atoms. The van der Waals surface area contributed by atoms with E-state index in [4.69, 9.17) is 0 Å². The fourth-order valence-corrected chi connectivity index (χ4v) is 4.89. The highest BCUT2D eigenvalue weighted by atomic mass is 32.2. The summed E-state index contributed by atoms with van der Waals surface area (Å²) in [6, 6.07) is 12.3. The quantitative estimate of drug-likeness (QED) is 0.791. The molecule has 2 aromatic rings. The molecular weight excluding hydrogens is 360 g/mol. The average molecular weight is 387 g/mol. The predicted octanol–water partition coefficient (Wildman–Crippen LogP) is 3.43. The Hall–Kier alpha value is -2.34. The smallest absolute Gasteiger partial charge is 0.264 e. The molecule has 1 aliphatic heterocycles. The third-order valence-corrected chi connectivity index (χ3v) is 6.74. The molecule has 0 N–H and O–H groups in total. The molecule has 6 heteroatoms. The molecule has 1 amide bonds. The van der Waals surface area contributed by atoms with Crippen LogP contribution in [0.3, 0.4) is 0 Å². The predicted molar refractivity (Wildman–Crippen MR) is 107 cm³/mol. The number of aryl methyl sites for hydroxylation is 3. The van der Waals surface area contributed by atoms with Crippen LogP contribution in [0.5, 0.6) is 0 Å². The molecule has 0 aromatic heterocycles. The summed E-state index contributed by atoms with van der Waals surface area (Å²) in [5.41, 5.74) is 3.42. The number of benzene rings is 2. The van der Waals surface area contributed by atoms with Crippen molar-refractivity contribution in [1.29, 1.82) is 0 Å². The van der Waals surface area contributed by atoms with Crippen molar-refractivity contribution in [3.05, 3.63) is 59.2 Å². The number of anilines is 1. The van der Waals surface area contributed by atoms with Crippen LogP contribution in [0.2, 0.25) is 0 Å². The van der Waals surface area contributed by atoms with Gasteiger partial charge in [0.25, 0.3) is 10.0 Å². The van der Waals surface area contributed by atoms with Gasteiger partial charge in [0, 0.05) is 13.1 Å². The van der Waals surface area contributed by atoms with E-state index in [1.165, 1.54) is 4.31 Å². The molecule has 27 heavy (non-hydrogen) atoms. The molecule has 144 valence electrons.